The van der Waals surface area contributed by atoms with Gasteiger partial charge in [-0.15, -0.1) is 6.58 Å². The van der Waals surface area contributed by atoms with Crippen LogP contribution in [0.15, 0.2) is 36.4 Å². The van der Waals surface area contributed by atoms with Crippen molar-refractivity contribution in [1.82, 2.24) is 0 Å². The third-order valence-electron chi connectivity index (χ3n) is 2.38. The van der Waals surface area contributed by atoms with Crippen LogP contribution in [0.25, 0.3) is 0 Å². The van der Waals surface area contributed by atoms with Crippen molar-refractivity contribution in [3.05, 3.63) is 47.0 Å². The molecule has 3 heteroatoms. The first-order valence-corrected chi connectivity index (χ1v) is 5.94. The number of hydrogen-bond acceptors (Lipinski definition) is 2. The van der Waals surface area contributed by atoms with Crippen LogP contribution >= 0.6 is 11.6 Å². The van der Waals surface area contributed by atoms with Crippen LogP contribution in [-0.4, -0.2) is 18.5 Å². The van der Waals surface area contributed by atoms with Gasteiger partial charge in [-0.25, -0.2) is 0 Å². The van der Waals surface area contributed by atoms with Crippen LogP contribution in [0.1, 0.15) is 30.6 Å². The molecule has 0 radical (unpaired) electrons. The van der Waals surface area contributed by atoms with E-state index >= 15 is 0 Å². The smallest absolute Gasteiger partial charge is 0.191 e. The molecule has 1 aromatic carbocycles. The van der Waals surface area contributed by atoms with Gasteiger partial charge in [0.25, 0.3) is 0 Å². The first kappa shape index (κ1) is 13.9. The maximum atomic E-state index is 12.0. The number of carbonyl (C=O) groups excluding carboxylic acids is 1. The van der Waals surface area contributed by atoms with Gasteiger partial charge >= 0.3 is 0 Å². The molecule has 2 nitrogen and oxygen atoms in total. The highest BCUT2D eigenvalue weighted by Gasteiger charge is 2.15. The molecular formula is C14H17ClO2. The third-order valence-corrected chi connectivity index (χ3v) is 2.61. The van der Waals surface area contributed by atoms with E-state index in [-0.39, 0.29) is 5.78 Å². The Morgan fingerprint density at radius 2 is 2.24 bits per heavy atom. The highest BCUT2D eigenvalue weighted by molar-refractivity contribution is 6.31. The second-order valence-electron chi connectivity index (χ2n) is 4.09. The van der Waals surface area contributed by atoms with Crippen molar-refractivity contribution in [2.45, 2.75) is 26.4 Å². The Kier molecular flexibility index (Phi) is 5.39. The Morgan fingerprint density at radius 1 is 1.53 bits per heavy atom. The minimum absolute atomic E-state index is 0.0470. The van der Waals surface area contributed by atoms with E-state index in [2.05, 4.69) is 6.58 Å². The van der Waals surface area contributed by atoms with Gasteiger partial charge in [0, 0.05) is 10.6 Å². The van der Waals surface area contributed by atoms with Crippen molar-refractivity contribution in [3.63, 3.8) is 0 Å². The summed E-state index contributed by atoms with van der Waals surface area (Å²) in [6.07, 6.45) is 0.320. The van der Waals surface area contributed by atoms with Gasteiger partial charge < -0.3 is 4.74 Å². The van der Waals surface area contributed by atoms with Crippen LogP contribution in [0.5, 0.6) is 0 Å². The standard InChI is InChI=1S/C14H17ClO2/c1-10(2)7-8-17-11(3)14(16)12-5-4-6-13(15)9-12/h4-6,9,11H,1,7-8H2,2-3H3. The summed E-state index contributed by atoms with van der Waals surface area (Å²) in [6, 6.07) is 6.90. The highest BCUT2D eigenvalue weighted by atomic mass is 35.5. The zero-order valence-electron chi connectivity index (χ0n) is 10.2. The van der Waals surface area contributed by atoms with E-state index in [4.69, 9.17) is 16.3 Å². The summed E-state index contributed by atoms with van der Waals surface area (Å²) in [7, 11) is 0. The molecule has 1 unspecified atom stereocenters. The van der Waals surface area contributed by atoms with Gasteiger partial charge in [0.1, 0.15) is 6.10 Å². The number of carbonyl (C=O) groups is 1. The summed E-state index contributed by atoms with van der Waals surface area (Å²) in [5, 5.41) is 0.560. The van der Waals surface area contributed by atoms with E-state index in [1.54, 1.807) is 31.2 Å². The minimum Gasteiger partial charge on any atom is -0.370 e. The topological polar surface area (TPSA) is 26.3 Å². The summed E-state index contributed by atoms with van der Waals surface area (Å²) in [4.78, 5) is 12.0. The molecule has 0 heterocycles. The molecule has 0 aromatic heterocycles. The van der Waals surface area contributed by atoms with Crippen molar-refractivity contribution >= 4 is 17.4 Å². The van der Waals surface area contributed by atoms with Crippen molar-refractivity contribution in [1.29, 1.82) is 0 Å². The van der Waals surface area contributed by atoms with E-state index in [9.17, 15) is 4.79 Å². The predicted octanol–water partition coefficient (Wildman–Crippen LogP) is 3.89. The first-order chi connectivity index (χ1) is 8.00. The molecular weight excluding hydrogens is 236 g/mol. The lowest BCUT2D eigenvalue weighted by Crippen LogP contribution is -2.21. The van der Waals surface area contributed by atoms with E-state index in [1.807, 2.05) is 6.92 Å². The van der Waals surface area contributed by atoms with Crippen LogP contribution in [-0.2, 0) is 4.74 Å². The molecule has 1 atom stereocenters. The molecule has 0 fully saturated rings. The number of hydrogen-bond donors (Lipinski definition) is 0. The first-order valence-electron chi connectivity index (χ1n) is 5.56. The van der Waals surface area contributed by atoms with Crippen molar-refractivity contribution < 1.29 is 9.53 Å². The average molecular weight is 253 g/mol. The highest BCUT2D eigenvalue weighted by Crippen LogP contribution is 2.13. The summed E-state index contributed by atoms with van der Waals surface area (Å²) in [5.41, 5.74) is 1.63. The number of benzene rings is 1. The Labute approximate surface area is 107 Å². The van der Waals surface area contributed by atoms with E-state index in [1.165, 1.54) is 0 Å². The van der Waals surface area contributed by atoms with Gasteiger partial charge in [-0.1, -0.05) is 29.3 Å². The Bertz CT molecular complexity index is 412. The largest absolute Gasteiger partial charge is 0.370 e. The fourth-order valence-corrected chi connectivity index (χ4v) is 1.55. The SMILES string of the molecule is C=C(C)CCOC(C)C(=O)c1cccc(Cl)c1. The molecule has 1 rings (SSSR count). The second kappa shape index (κ2) is 6.58. The Hall–Kier alpha value is -1.12. The number of ketones is 1. The second-order valence-corrected chi connectivity index (χ2v) is 4.53. The lowest BCUT2D eigenvalue weighted by atomic mass is 10.1. The number of halogens is 1. The fraction of sp³-hybridized carbons (Fsp3) is 0.357. The molecule has 0 aliphatic heterocycles. The van der Waals surface area contributed by atoms with Crippen LogP contribution in [0.2, 0.25) is 5.02 Å². The van der Waals surface area contributed by atoms with Crippen molar-refractivity contribution in [2.24, 2.45) is 0 Å². The molecule has 0 N–H and O–H groups in total. The zero-order valence-corrected chi connectivity index (χ0v) is 11.0. The molecule has 0 aliphatic carbocycles. The summed E-state index contributed by atoms with van der Waals surface area (Å²) in [5.74, 6) is -0.0470. The Morgan fingerprint density at radius 3 is 2.82 bits per heavy atom. The number of rotatable bonds is 6. The molecule has 92 valence electrons. The lowest BCUT2D eigenvalue weighted by Gasteiger charge is -2.12. The van der Waals surface area contributed by atoms with Gasteiger partial charge in [0.15, 0.2) is 5.78 Å². The zero-order chi connectivity index (χ0) is 12.8. The van der Waals surface area contributed by atoms with Gasteiger partial charge in [-0.3, -0.25) is 4.79 Å². The van der Waals surface area contributed by atoms with Crippen LogP contribution < -0.4 is 0 Å². The molecule has 1 aromatic rings. The van der Waals surface area contributed by atoms with Crippen LogP contribution in [0.4, 0.5) is 0 Å². The van der Waals surface area contributed by atoms with E-state index in [0.717, 1.165) is 12.0 Å². The molecule has 0 aliphatic rings. The molecule has 0 saturated heterocycles. The van der Waals surface area contributed by atoms with Crippen LogP contribution in [0.3, 0.4) is 0 Å². The summed E-state index contributed by atoms with van der Waals surface area (Å²) < 4.78 is 5.46. The molecule has 17 heavy (non-hydrogen) atoms. The lowest BCUT2D eigenvalue weighted by molar-refractivity contribution is 0.0487. The van der Waals surface area contributed by atoms with Gasteiger partial charge in [-0.2, -0.15) is 0 Å². The van der Waals surface area contributed by atoms with Crippen LogP contribution in [0, 0.1) is 0 Å². The molecule has 0 amide bonds. The van der Waals surface area contributed by atoms with Gasteiger partial charge in [0.05, 0.1) is 6.61 Å². The summed E-state index contributed by atoms with van der Waals surface area (Å²) >= 11 is 5.83. The Balaban J connectivity index is 2.54. The van der Waals surface area contributed by atoms with Gasteiger partial charge in [0.2, 0.25) is 0 Å². The van der Waals surface area contributed by atoms with Crippen molar-refractivity contribution in [2.75, 3.05) is 6.61 Å². The average Bonchev–Trinajstić information content (AvgIpc) is 2.27. The predicted molar refractivity (Wildman–Crippen MR) is 70.6 cm³/mol. The maximum absolute atomic E-state index is 12.0. The van der Waals surface area contributed by atoms with Gasteiger partial charge in [-0.05, 0) is 32.4 Å². The molecule has 0 saturated carbocycles. The normalized spacial score (nSPS) is 12.2. The molecule has 0 spiro atoms. The third kappa shape index (κ3) is 4.72. The monoisotopic (exact) mass is 252 g/mol. The quantitative estimate of drug-likeness (QED) is 0.567. The number of ether oxygens (including phenoxy) is 1. The number of Topliss-reactive ketones (excluding diaryl/α,β-unsaturated/α-hetero) is 1. The minimum atomic E-state index is -0.451. The maximum Gasteiger partial charge on any atom is 0.191 e. The van der Waals surface area contributed by atoms with E-state index < -0.39 is 6.10 Å². The molecule has 0 bridgehead atoms. The summed E-state index contributed by atoms with van der Waals surface area (Å²) in [6.45, 7) is 7.99. The fourth-order valence-electron chi connectivity index (χ4n) is 1.36. The van der Waals surface area contributed by atoms with Crippen molar-refractivity contribution in [3.8, 4) is 0 Å². The van der Waals surface area contributed by atoms with E-state index in [0.29, 0.717) is 17.2 Å².